The van der Waals surface area contributed by atoms with E-state index in [1.54, 1.807) is 0 Å². The zero-order valence-corrected chi connectivity index (χ0v) is 11.8. The summed E-state index contributed by atoms with van der Waals surface area (Å²) >= 11 is 0. The molecule has 1 saturated carbocycles. The molecule has 1 N–H and O–H groups in total. The molecule has 1 aliphatic carbocycles. The van der Waals surface area contributed by atoms with Gasteiger partial charge >= 0.3 is 0 Å². The average Bonchev–Trinajstić information content (AvgIpc) is 2.85. The maximum atomic E-state index is 5.96. The fourth-order valence-electron chi connectivity index (χ4n) is 2.78. The molecule has 0 amide bonds. The van der Waals surface area contributed by atoms with Crippen LogP contribution >= 0.6 is 0 Å². The second-order valence-corrected chi connectivity index (χ2v) is 5.74. The summed E-state index contributed by atoms with van der Waals surface area (Å²) in [5, 5.41) is 3.38. The summed E-state index contributed by atoms with van der Waals surface area (Å²) in [6.07, 6.45) is 10.5. The van der Waals surface area contributed by atoms with Crippen molar-refractivity contribution in [3.8, 4) is 0 Å². The van der Waals surface area contributed by atoms with Gasteiger partial charge in [0.15, 0.2) is 5.89 Å². The third kappa shape index (κ3) is 3.35. The molecule has 102 valence electrons. The van der Waals surface area contributed by atoms with E-state index in [1.807, 2.05) is 6.20 Å². The quantitative estimate of drug-likeness (QED) is 0.786. The van der Waals surface area contributed by atoms with Gasteiger partial charge in [-0.15, -0.1) is 0 Å². The number of oxazole rings is 1. The van der Waals surface area contributed by atoms with Gasteiger partial charge in [-0.25, -0.2) is 4.98 Å². The van der Waals surface area contributed by atoms with Crippen molar-refractivity contribution in [1.82, 2.24) is 10.3 Å². The third-order valence-corrected chi connectivity index (χ3v) is 4.05. The molecule has 3 heteroatoms. The van der Waals surface area contributed by atoms with Crippen molar-refractivity contribution in [1.29, 1.82) is 0 Å². The second kappa shape index (κ2) is 6.37. The van der Waals surface area contributed by atoms with Crippen LogP contribution in [0.5, 0.6) is 0 Å². The van der Waals surface area contributed by atoms with Crippen LogP contribution in [0.1, 0.15) is 64.0 Å². The second-order valence-electron chi connectivity index (χ2n) is 5.74. The normalized spacial score (nSPS) is 19.0. The Balaban J connectivity index is 1.88. The van der Waals surface area contributed by atoms with Crippen LogP contribution in [0.15, 0.2) is 10.6 Å². The van der Waals surface area contributed by atoms with Crippen LogP contribution in [0.3, 0.4) is 0 Å². The number of rotatable bonds is 6. The fraction of sp³-hybridized carbons (Fsp3) is 0.800. The topological polar surface area (TPSA) is 38.1 Å². The van der Waals surface area contributed by atoms with Crippen molar-refractivity contribution in [3.63, 3.8) is 0 Å². The summed E-state index contributed by atoms with van der Waals surface area (Å²) in [5.41, 5.74) is 0.236. The van der Waals surface area contributed by atoms with Crippen LogP contribution < -0.4 is 5.32 Å². The number of nitrogens with zero attached hydrogens (tertiary/aromatic N) is 1. The van der Waals surface area contributed by atoms with Crippen LogP contribution in [-0.4, -0.2) is 18.1 Å². The Morgan fingerprint density at radius 1 is 1.28 bits per heavy atom. The molecule has 0 radical (unpaired) electrons. The maximum absolute atomic E-state index is 5.96. The molecule has 0 bridgehead atoms. The molecule has 1 aromatic rings. The summed E-state index contributed by atoms with van der Waals surface area (Å²) in [7, 11) is 0. The average molecular weight is 250 g/mol. The smallest absolute Gasteiger partial charge is 0.195 e. The lowest BCUT2D eigenvalue weighted by molar-refractivity contribution is 0.260. The van der Waals surface area contributed by atoms with E-state index in [9.17, 15) is 0 Å². The van der Waals surface area contributed by atoms with E-state index in [0.717, 1.165) is 31.2 Å². The molecule has 1 heterocycles. The van der Waals surface area contributed by atoms with Gasteiger partial charge in [-0.1, -0.05) is 33.1 Å². The van der Waals surface area contributed by atoms with Gasteiger partial charge in [0.2, 0.25) is 0 Å². The van der Waals surface area contributed by atoms with Crippen molar-refractivity contribution in [2.75, 3.05) is 13.1 Å². The first-order valence-electron chi connectivity index (χ1n) is 7.40. The van der Waals surface area contributed by atoms with Gasteiger partial charge in [-0.05, 0) is 25.8 Å². The first-order valence-corrected chi connectivity index (χ1v) is 7.40. The van der Waals surface area contributed by atoms with Gasteiger partial charge in [0.25, 0.3) is 0 Å². The molecule has 0 spiro atoms. The number of aromatic nitrogens is 1. The van der Waals surface area contributed by atoms with E-state index in [0.29, 0.717) is 0 Å². The summed E-state index contributed by atoms with van der Waals surface area (Å²) in [5.74, 6) is 1.99. The van der Waals surface area contributed by atoms with Gasteiger partial charge in [-0.3, -0.25) is 0 Å². The van der Waals surface area contributed by atoms with Crippen LogP contribution in [0.4, 0.5) is 0 Å². The molecule has 0 saturated heterocycles. The van der Waals surface area contributed by atoms with E-state index in [-0.39, 0.29) is 5.41 Å². The van der Waals surface area contributed by atoms with Gasteiger partial charge in [0.1, 0.15) is 5.76 Å². The highest BCUT2D eigenvalue weighted by atomic mass is 16.4. The molecule has 0 unspecified atom stereocenters. The van der Waals surface area contributed by atoms with Gasteiger partial charge in [-0.2, -0.15) is 0 Å². The minimum atomic E-state index is 0.236. The first-order chi connectivity index (χ1) is 8.74. The monoisotopic (exact) mass is 250 g/mol. The highest BCUT2D eigenvalue weighted by Gasteiger charge is 2.32. The van der Waals surface area contributed by atoms with Crippen molar-refractivity contribution in [2.24, 2.45) is 0 Å². The Morgan fingerprint density at radius 2 is 2.06 bits per heavy atom. The fourth-order valence-corrected chi connectivity index (χ4v) is 2.78. The summed E-state index contributed by atoms with van der Waals surface area (Å²) in [6, 6.07) is 0. The zero-order chi connectivity index (χ0) is 12.8. The van der Waals surface area contributed by atoms with E-state index < -0.39 is 0 Å². The largest absolute Gasteiger partial charge is 0.445 e. The number of nitrogens with one attached hydrogen (secondary N) is 1. The van der Waals surface area contributed by atoms with Gasteiger partial charge < -0.3 is 9.73 Å². The van der Waals surface area contributed by atoms with Crippen molar-refractivity contribution in [3.05, 3.63) is 17.8 Å². The van der Waals surface area contributed by atoms with Crippen molar-refractivity contribution < 1.29 is 4.42 Å². The Bertz CT molecular complexity index is 353. The Kier molecular flexibility index (Phi) is 4.81. The van der Waals surface area contributed by atoms with Gasteiger partial charge in [0, 0.05) is 18.4 Å². The molecular formula is C15H26N2O. The summed E-state index contributed by atoms with van der Waals surface area (Å²) in [6.45, 7) is 6.54. The highest BCUT2D eigenvalue weighted by Crippen LogP contribution is 2.39. The van der Waals surface area contributed by atoms with Crippen molar-refractivity contribution in [2.45, 2.75) is 64.2 Å². The Hall–Kier alpha value is -0.830. The molecule has 2 rings (SSSR count). The standard InChI is InChI=1S/C15H26N2O/c1-3-10-16-11-7-14-17-12-13(18-14)15(2)8-5-4-6-9-15/h12,16H,3-11H2,1-2H3. The molecule has 1 aromatic heterocycles. The number of hydrogen-bond donors (Lipinski definition) is 1. The molecular weight excluding hydrogens is 224 g/mol. The Morgan fingerprint density at radius 3 is 2.78 bits per heavy atom. The van der Waals surface area contributed by atoms with Crippen LogP contribution in [0.25, 0.3) is 0 Å². The van der Waals surface area contributed by atoms with Crippen molar-refractivity contribution >= 4 is 0 Å². The molecule has 18 heavy (non-hydrogen) atoms. The van der Waals surface area contributed by atoms with Gasteiger partial charge in [0.05, 0.1) is 6.20 Å². The lowest BCUT2D eigenvalue weighted by Crippen LogP contribution is -2.24. The van der Waals surface area contributed by atoms with E-state index in [1.165, 1.54) is 38.5 Å². The highest BCUT2D eigenvalue weighted by molar-refractivity contribution is 5.11. The predicted molar refractivity (Wildman–Crippen MR) is 73.8 cm³/mol. The molecule has 0 aliphatic heterocycles. The minimum Gasteiger partial charge on any atom is -0.445 e. The minimum absolute atomic E-state index is 0.236. The third-order valence-electron chi connectivity index (χ3n) is 4.05. The molecule has 3 nitrogen and oxygen atoms in total. The summed E-state index contributed by atoms with van der Waals surface area (Å²) in [4.78, 5) is 4.43. The van der Waals surface area contributed by atoms with E-state index >= 15 is 0 Å². The SMILES string of the molecule is CCCNCCc1ncc(C2(C)CCCCC2)o1. The van der Waals surface area contributed by atoms with Crippen LogP contribution in [-0.2, 0) is 11.8 Å². The molecule has 0 atom stereocenters. The number of hydrogen-bond acceptors (Lipinski definition) is 3. The lowest BCUT2D eigenvalue weighted by atomic mass is 9.74. The molecule has 1 fully saturated rings. The predicted octanol–water partition coefficient (Wildman–Crippen LogP) is 3.44. The summed E-state index contributed by atoms with van der Waals surface area (Å²) < 4.78 is 5.96. The lowest BCUT2D eigenvalue weighted by Gasteiger charge is -2.30. The maximum Gasteiger partial charge on any atom is 0.195 e. The zero-order valence-electron chi connectivity index (χ0n) is 11.8. The van der Waals surface area contributed by atoms with E-state index in [2.05, 4.69) is 24.1 Å². The first kappa shape index (κ1) is 13.6. The molecule has 1 aliphatic rings. The Labute approximate surface area is 110 Å². The van der Waals surface area contributed by atoms with Crippen LogP contribution in [0, 0.1) is 0 Å². The van der Waals surface area contributed by atoms with E-state index in [4.69, 9.17) is 4.42 Å². The molecule has 0 aromatic carbocycles. The van der Waals surface area contributed by atoms with Crippen LogP contribution in [0.2, 0.25) is 0 Å².